The van der Waals surface area contributed by atoms with Crippen LogP contribution in [-0.2, 0) is 0 Å². The first-order chi connectivity index (χ1) is 10.4. The highest BCUT2D eigenvalue weighted by Gasteiger charge is 2.14. The van der Waals surface area contributed by atoms with Crippen LogP contribution in [0.25, 0.3) is 10.6 Å². The maximum atomic E-state index is 5.99. The van der Waals surface area contributed by atoms with Gasteiger partial charge < -0.3 is 5.32 Å². The molecule has 0 aliphatic rings. The summed E-state index contributed by atoms with van der Waals surface area (Å²) >= 11 is 14.9. The van der Waals surface area contributed by atoms with E-state index in [1.807, 2.05) is 19.1 Å². The molecule has 0 spiro atoms. The average Bonchev–Trinajstić information content (AvgIpc) is 2.81. The number of halogens is 4. The molecular weight excluding hydrogens is 658 g/mol. The normalized spacial score (nSPS) is 10.8. The van der Waals surface area contributed by atoms with E-state index in [0.717, 1.165) is 22.1 Å². The van der Waals surface area contributed by atoms with Crippen molar-refractivity contribution < 1.29 is 0 Å². The van der Waals surface area contributed by atoms with Gasteiger partial charge in [-0.3, -0.25) is 4.98 Å². The molecule has 0 amide bonds. The molecule has 0 saturated carbocycles. The topological polar surface area (TPSA) is 37.8 Å². The third kappa shape index (κ3) is 8.25. The van der Waals surface area contributed by atoms with Gasteiger partial charge in [0, 0.05) is 24.5 Å². The zero-order valence-corrected chi connectivity index (χ0v) is 20.3. The monoisotopic (exact) mass is 675 g/mol. The summed E-state index contributed by atoms with van der Waals surface area (Å²) in [6.07, 6.45) is 6.11. The largest absolute Gasteiger partial charge is 0.375 e. The molecule has 2 aromatic heterocycles. The van der Waals surface area contributed by atoms with E-state index in [1.165, 1.54) is 12.8 Å². The van der Waals surface area contributed by atoms with Crippen LogP contribution in [0.15, 0.2) is 24.5 Å². The summed E-state index contributed by atoms with van der Waals surface area (Å²) in [7, 11) is 0. The molecule has 1 N–H and O–H groups in total. The van der Waals surface area contributed by atoms with Crippen LogP contribution in [0.2, 0.25) is 5.15 Å². The number of pyridine rings is 1. The summed E-state index contributed by atoms with van der Waals surface area (Å²) in [5.74, 6) is 0. The average molecular weight is 676 g/mol. The van der Waals surface area contributed by atoms with Gasteiger partial charge in [0.15, 0.2) is 5.15 Å². The van der Waals surface area contributed by atoms with Crippen molar-refractivity contribution in [2.24, 2.45) is 0 Å². The first-order valence-corrected chi connectivity index (χ1v) is 11.2. The van der Waals surface area contributed by atoms with Gasteiger partial charge in [-0.25, -0.2) is 4.98 Å². The Morgan fingerprint density at radius 2 is 2.05 bits per heavy atom. The molecule has 0 unspecified atom stereocenters. The van der Waals surface area contributed by atoms with Crippen molar-refractivity contribution in [3.8, 4) is 10.6 Å². The Hall–Kier alpha value is 1.06. The zero-order chi connectivity index (χ0) is 16.6. The zero-order valence-electron chi connectivity index (χ0n) is 12.2. The molecule has 0 aliphatic carbocycles. The van der Waals surface area contributed by atoms with E-state index < -0.39 is 0 Å². The Bertz CT molecular complexity index is 558. The molecule has 122 valence electrons. The summed E-state index contributed by atoms with van der Waals surface area (Å²) < 4.78 is 0.460. The Morgan fingerprint density at radius 3 is 2.50 bits per heavy atom. The lowest BCUT2D eigenvalue weighted by molar-refractivity contribution is 0.886. The summed E-state index contributed by atoms with van der Waals surface area (Å²) in [6.45, 7) is 5.08. The Balaban J connectivity index is 0.000000295. The SMILES string of the molecule is CCCC(I)(I)I.CCNc1sc(-c2cccnc2)nc1Cl. The van der Waals surface area contributed by atoms with E-state index in [2.05, 4.69) is 90.0 Å². The quantitative estimate of drug-likeness (QED) is 0.273. The molecule has 22 heavy (non-hydrogen) atoms. The molecule has 0 radical (unpaired) electrons. The molecule has 2 rings (SSSR count). The van der Waals surface area contributed by atoms with E-state index in [0.29, 0.717) is 4.59 Å². The Kier molecular flexibility index (Phi) is 10.4. The Morgan fingerprint density at radius 1 is 1.32 bits per heavy atom. The molecule has 2 heterocycles. The summed E-state index contributed by atoms with van der Waals surface area (Å²) in [6, 6.07) is 3.86. The lowest BCUT2D eigenvalue weighted by Gasteiger charge is -2.07. The number of anilines is 1. The molecule has 0 saturated heterocycles. The Labute approximate surface area is 181 Å². The minimum Gasteiger partial charge on any atom is -0.375 e. The third-order valence-corrected chi connectivity index (χ3v) is 5.43. The van der Waals surface area contributed by atoms with Crippen molar-refractivity contribution >= 4 is 95.7 Å². The van der Waals surface area contributed by atoms with E-state index in [1.54, 1.807) is 23.7 Å². The molecule has 0 aliphatic heterocycles. The van der Waals surface area contributed by atoms with Gasteiger partial charge in [-0.05, 0) is 25.5 Å². The second-order valence-corrected chi connectivity index (χ2v) is 17.4. The van der Waals surface area contributed by atoms with E-state index in [4.69, 9.17) is 11.6 Å². The summed E-state index contributed by atoms with van der Waals surface area (Å²) in [5.41, 5.74) is 0.994. The lowest BCUT2D eigenvalue weighted by atomic mass is 10.3. The number of aromatic nitrogens is 2. The molecule has 0 atom stereocenters. The van der Waals surface area contributed by atoms with Gasteiger partial charge in [0.1, 0.15) is 9.44 Å². The second-order valence-electron chi connectivity index (χ2n) is 4.28. The predicted octanol–water partition coefficient (Wildman–Crippen LogP) is 7.04. The first-order valence-electron chi connectivity index (χ1n) is 6.74. The number of rotatable bonds is 5. The number of alkyl halides is 3. The molecular formula is C14H17ClI3N3S. The second kappa shape index (κ2) is 10.8. The van der Waals surface area contributed by atoms with Gasteiger partial charge in [0.05, 0.1) is 0 Å². The molecule has 0 bridgehead atoms. The molecule has 8 heteroatoms. The summed E-state index contributed by atoms with van der Waals surface area (Å²) in [5, 5.41) is 5.51. The van der Waals surface area contributed by atoms with Gasteiger partial charge in [0.2, 0.25) is 0 Å². The third-order valence-electron chi connectivity index (χ3n) is 2.37. The number of nitrogens with zero attached hydrogens (tertiary/aromatic N) is 2. The number of hydrogen-bond acceptors (Lipinski definition) is 4. The van der Waals surface area contributed by atoms with Gasteiger partial charge in [-0.15, -0.1) is 0 Å². The molecule has 2 aromatic rings. The maximum absolute atomic E-state index is 5.99. The highest BCUT2D eigenvalue weighted by molar-refractivity contribution is 14.3. The maximum Gasteiger partial charge on any atom is 0.164 e. The molecule has 0 fully saturated rings. The molecule has 3 nitrogen and oxygen atoms in total. The van der Waals surface area contributed by atoms with Crippen LogP contribution >= 0.6 is 90.7 Å². The van der Waals surface area contributed by atoms with Crippen LogP contribution in [0.1, 0.15) is 26.7 Å². The van der Waals surface area contributed by atoms with Gasteiger partial charge in [0.25, 0.3) is 0 Å². The minimum atomic E-state index is 0.460. The van der Waals surface area contributed by atoms with Crippen LogP contribution in [0, 0.1) is 0 Å². The first kappa shape index (κ1) is 21.1. The van der Waals surface area contributed by atoms with Crippen LogP contribution in [0.4, 0.5) is 5.00 Å². The number of hydrogen-bond donors (Lipinski definition) is 1. The van der Waals surface area contributed by atoms with Crippen molar-refractivity contribution in [3.05, 3.63) is 29.7 Å². The fourth-order valence-electron chi connectivity index (χ4n) is 1.47. The van der Waals surface area contributed by atoms with Gasteiger partial charge in [-0.2, -0.15) is 0 Å². The van der Waals surface area contributed by atoms with Crippen molar-refractivity contribution in [3.63, 3.8) is 0 Å². The van der Waals surface area contributed by atoms with Crippen LogP contribution in [-0.4, -0.2) is 15.9 Å². The fourth-order valence-corrected chi connectivity index (χ4v) is 4.32. The smallest absolute Gasteiger partial charge is 0.164 e. The van der Waals surface area contributed by atoms with Crippen LogP contribution < -0.4 is 5.32 Å². The van der Waals surface area contributed by atoms with Crippen molar-refractivity contribution in [2.75, 3.05) is 11.9 Å². The highest BCUT2D eigenvalue weighted by Crippen LogP contribution is 2.39. The fraction of sp³-hybridized carbons (Fsp3) is 0.429. The standard InChI is InChI=1S/C10H10ClN3S.C4H7I3/c1-2-13-10-8(11)14-9(15-10)7-4-3-5-12-6-7;1-2-3-4(5,6)7/h3-6,13H,2H2,1H3;2-3H2,1H3. The highest BCUT2D eigenvalue weighted by atomic mass is 127. The van der Waals surface area contributed by atoms with Crippen molar-refractivity contribution in [1.82, 2.24) is 9.97 Å². The van der Waals surface area contributed by atoms with Crippen molar-refractivity contribution in [1.29, 1.82) is 0 Å². The van der Waals surface area contributed by atoms with Crippen molar-refractivity contribution in [2.45, 2.75) is 26.1 Å². The van der Waals surface area contributed by atoms with Crippen LogP contribution in [0.3, 0.4) is 0 Å². The van der Waals surface area contributed by atoms with Crippen LogP contribution in [0.5, 0.6) is 0 Å². The van der Waals surface area contributed by atoms with Gasteiger partial charge >= 0.3 is 0 Å². The van der Waals surface area contributed by atoms with Gasteiger partial charge in [-0.1, -0.05) is 104 Å². The van der Waals surface area contributed by atoms with E-state index in [-0.39, 0.29) is 0 Å². The predicted molar refractivity (Wildman–Crippen MR) is 124 cm³/mol. The molecule has 0 aromatic carbocycles. The number of thiazole rings is 1. The minimum absolute atomic E-state index is 0.460. The van der Waals surface area contributed by atoms with E-state index >= 15 is 0 Å². The summed E-state index contributed by atoms with van der Waals surface area (Å²) in [4.78, 5) is 8.33. The number of nitrogens with one attached hydrogen (secondary N) is 1. The van der Waals surface area contributed by atoms with E-state index in [9.17, 15) is 0 Å². The lowest BCUT2D eigenvalue weighted by Crippen LogP contribution is -1.94.